The van der Waals surface area contributed by atoms with E-state index in [0.29, 0.717) is 11.1 Å². The lowest BCUT2D eigenvalue weighted by molar-refractivity contribution is -0.385. The number of aryl methyl sites for hydroxylation is 1. The van der Waals surface area contributed by atoms with E-state index in [4.69, 9.17) is 5.11 Å². The second-order valence-electron chi connectivity index (χ2n) is 3.12. The molecule has 0 saturated carbocycles. The molecular formula is C10H8BrNO4. The van der Waals surface area contributed by atoms with Gasteiger partial charge in [-0.25, -0.2) is 4.79 Å². The number of nitrogens with zero attached hydrogens (tertiary/aromatic N) is 1. The maximum absolute atomic E-state index is 10.7. The Morgan fingerprint density at radius 1 is 1.56 bits per heavy atom. The summed E-state index contributed by atoms with van der Waals surface area (Å²) in [4.78, 5) is 20.5. The number of hydrogen-bond donors (Lipinski definition) is 1. The first kappa shape index (κ1) is 12.4. The Bertz CT molecular complexity index is 482. The summed E-state index contributed by atoms with van der Waals surface area (Å²) < 4.78 is 0.278. The van der Waals surface area contributed by atoms with Crippen LogP contribution in [0.2, 0.25) is 0 Å². The molecule has 0 fully saturated rings. The highest BCUT2D eigenvalue weighted by molar-refractivity contribution is 9.10. The van der Waals surface area contributed by atoms with Crippen molar-refractivity contribution in [1.82, 2.24) is 0 Å². The minimum Gasteiger partial charge on any atom is -0.478 e. The molecule has 0 aromatic heterocycles. The molecule has 1 N–H and O–H groups in total. The van der Waals surface area contributed by atoms with Crippen molar-refractivity contribution in [2.45, 2.75) is 6.92 Å². The zero-order valence-electron chi connectivity index (χ0n) is 8.31. The Balaban J connectivity index is 3.29. The van der Waals surface area contributed by atoms with Gasteiger partial charge in [-0.1, -0.05) is 6.07 Å². The number of benzene rings is 1. The lowest BCUT2D eigenvalue weighted by Crippen LogP contribution is -1.93. The molecule has 1 rings (SSSR count). The van der Waals surface area contributed by atoms with Crippen LogP contribution < -0.4 is 0 Å². The van der Waals surface area contributed by atoms with Crippen LogP contribution >= 0.6 is 15.9 Å². The third-order valence-electron chi connectivity index (χ3n) is 1.83. The topological polar surface area (TPSA) is 80.4 Å². The van der Waals surface area contributed by atoms with Gasteiger partial charge < -0.3 is 5.11 Å². The number of hydrogen-bond acceptors (Lipinski definition) is 3. The molecule has 84 valence electrons. The molecule has 5 nitrogen and oxygen atoms in total. The van der Waals surface area contributed by atoms with Gasteiger partial charge in [0.2, 0.25) is 0 Å². The van der Waals surface area contributed by atoms with Crippen molar-refractivity contribution in [3.63, 3.8) is 0 Å². The molecule has 1 aromatic carbocycles. The van der Waals surface area contributed by atoms with Crippen LogP contribution in [0.3, 0.4) is 0 Å². The maximum atomic E-state index is 10.7. The van der Waals surface area contributed by atoms with Crippen LogP contribution in [-0.2, 0) is 4.79 Å². The summed E-state index contributed by atoms with van der Waals surface area (Å²) in [5, 5.41) is 19.2. The average molecular weight is 286 g/mol. The molecule has 0 spiro atoms. The molecule has 0 atom stereocenters. The van der Waals surface area contributed by atoms with E-state index < -0.39 is 10.9 Å². The lowest BCUT2D eigenvalue weighted by Gasteiger charge is -2.02. The van der Waals surface area contributed by atoms with Gasteiger partial charge in [0.25, 0.3) is 5.69 Å². The van der Waals surface area contributed by atoms with Crippen LogP contribution in [-0.4, -0.2) is 16.0 Å². The van der Waals surface area contributed by atoms with Gasteiger partial charge in [0.05, 0.1) is 4.92 Å². The maximum Gasteiger partial charge on any atom is 0.328 e. The van der Waals surface area contributed by atoms with Crippen molar-refractivity contribution in [3.8, 4) is 0 Å². The lowest BCUT2D eigenvalue weighted by atomic mass is 10.1. The standard InChI is InChI=1S/C10H8BrNO4/c1-6-4-7(2-3-9(13)14)10(11)8(5-6)12(15)16/h2-5H,1H3,(H,13,14)/b3-2+. The van der Waals surface area contributed by atoms with E-state index in [1.807, 2.05) is 0 Å². The number of carboxylic acids is 1. The summed E-state index contributed by atoms with van der Waals surface area (Å²) in [7, 11) is 0. The van der Waals surface area contributed by atoms with Gasteiger partial charge in [-0.15, -0.1) is 0 Å². The summed E-state index contributed by atoms with van der Waals surface area (Å²) in [5.74, 6) is -1.10. The van der Waals surface area contributed by atoms with Gasteiger partial charge >= 0.3 is 5.97 Å². The minimum absolute atomic E-state index is 0.0787. The Morgan fingerprint density at radius 3 is 2.69 bits per heavy atom. The van der Waals surface area contributed by atoms with Crippen LogP contribution in [0.5, 0.6) is 0 Å². The van der Waals surface area contributed by atoms with Crippen LogP contribution in [0.1, 0.15) is 11.1 Å². The first-order valence-electron chi connectivity index (χ1n) is 4.27. The molecule has 0 amide bonds. The molecule has 0 heterocycles. The smallest absolute Gasteiger partial charge is 0.328 e. The number of halogens is 1. The number of aliphatic carboxylic acids is 1. The minimum atomic E-state index is -1.10. The Hall–Kier alpha value is -1.69. The fourth-order valence-corrected chi connectivity index (χ4v) is 1.70. The molecule has 6 heteroatoms. The van der Waals surface area contributed by atoms with Crippen molar-refractivity contribution in [3.05, 3.63) is 43.9 Å². The SMILES string of the molecule is Cc1cc(/C=C/C(=O)O)c(Br)c([N+](=O)[O-])c1. The molecule has 0 saturated heterocycles. The normalized spacial score (nSPS) is 10.6. The molecule has 1 aromatic rings. The van der Waals surface area contributed by atoms with E-state index in [1.165, 1.54) is 12.1 Å². The van der Waals surface area contributed by atoms with Gasteiger partial charge in [-0.2, -0.15) is 0 Å². The summed E-state index contributed by atoms with van der Waals surface area (Å²) in [6.07, 6.45) is 2.25. The zero-order valence-corrected chi connectivity index (χ0v) is 9.89. The monoisotopic (exact) mass is 285 g/mol. The van der Waals surface area contributed by atoms with Crippen molar-refractivity contribution in [2.24, 2.45) is 0 Å². The number of nitro groups is 1. The van der Waals surface area contributed by atoms with Crippen molar-refractivity contribution < 1.29 is 14.8 Å². The number of rotatable bonds is 3. The predicted octanol–water partition coefficient (Wildman–Crippen LogP) is 2.76. The van der Waals surface area contributed by atoms with Crippen LogP contribution in [0.25, 0.3) is 6.08 Å². The Kier molecular flexibility index (Phi) is 3.78. The predicted molar refractivity (Wildman–Crippen MR) is 62.2 cm³/mol. The van der Waals surface area contributed by atoms with E-state index in [0.717, 1.165) is 6.08 Å². The van der Waals surface area contributed by atoms with E-state index in [9.17, 15) is 14.9 Å². The van der Waals surface area contributed by atoms with Gasteiger partial charge in [-0.05, 0) is 40.1 Å². The largest absolute Gasteiger partial charge is 0.478 e. The fourth-order valence-electron chi connectivity index (χ4n) is 1.19. The number of carbonyl (C=O) groups is 1. The Morgan fingerprint density at radius 2 is 2.19 bits per heavy atom. The molecule has 0 aliphatic heterocycles. The van der Waals surface area contributed by atoms with Gasteiger partial charge in [0.1, 0.15) is 4.47 Å². The number of nitro benzene ring substituents is 1. The molecule has 0 aliphatic rings. The first-order valence-corrected chi connectivity index (χ1v) is 5.06. The Labute approximate surface area is 99.7 Å². The molecule has 0 aliphatic carbocycles. The van der Waals surface area contributed by atoms with Gasteiger partial charge in [-0.3, -0.25) is 10.1 Å². The third-order valence-corrected chi connectivity index (χ3v) is 2.69. The van der Waals surface area contributed by atoms with Crippen molar-refractivity contribution in [1.29, 1.82) is 0 Å². The molecule has 0 bridgehead atoms. The fraction of sp³-hybridized carbons (Fsp3) is 0.100. The molecular weight excluding hydrogens is 278 g/mol. The van der Waals surface area contributed by atoms with Crippen molar-refractivity contribution in [2.75, 3.05) is 0 Å². The van der Waals surface area contributed by atoms with Crippen molar-refractivity contribution >= 4 is 33.7 Å². The molecule has 0 radical (unpaired) electrons. The zero-order chi connectivity index (χ0) is 12.3. The molecule has 0 unspecified atom stereocenters. The summed E-state index contributed by atoms with van der Waals surface area (Å²) in [6, 6.07) is 3.08. The average Bonchev–Trinajstić information content (AvgIpc) is 2.18. The van der Waals surface area contributed by atoms with Gasteiger partial charge in [0, 0.05) is 12.1 Å². The number of carboxylic acid groups (broad SMARTS) is 1. The van der Waals surface area contributed by atoms with Crippen LogP contribution in [0.15, 0.2) is 22.7 Å². The summed E-state index contributed by atoms with van der Waals surface area (Å²) >= 11 is 3.08. The highest BCUT2D eigenvalue weighted by atomic mass is 79.9. The highest BCUT2D eigenvalue weighted by Crippen LogP contribution is 2.30. The van der Waals surface area contributed by atoms with E-state index in [2.05, 4.69) is 15.9 Å². The van der Waals surface area contributed by atoms with E-state index in [1.54, 1.807) is 13.0 Å². The van der Waals surface area contributed by atoms with Gasteiger partial charge in [0.15, 0.2) is 0 Å². The van der Waals surface area contributed by atoms with E-state index >= 15 is 0 Å². The first-order chi connectivity index (χ1) is 7.41. The summed E-state index contributed by atoms with van der Waals surface area (Å²) in [6.45, 7) is 1.71. The highest BCUT2D eigenvalue weighted by Gasteiger charge is 2.15. The summed E-state index contributed by atoms with van der Waals surface area (Å²) in [5.41, 5.74) is 1.08. The van der Waals surface area contributed by atoms with Crippen LogP contribution in [0.4, 0.5) is 5.69 Å². The molecule has 16 heavy (non-hydrogen) atoms. The second-order valence-corrected chi connectivity index (χ2v) is 3.91. The van der Waals surface area contributed by atoms with Crippen LogP contribution in [0, 0.1) is 17.0 Å². The quantitative estimate of drug-likeness (QED) is 0.526. The third kappa shape index (κ3) is 2.90. The second kappa shape index (κ2) is 4.89. The van der Waals surface area contributed by atoms with E-state index in [-0.39, 0.29) is 10.2 Å².